The van der Waals surface area contributed by atoms with Crippen molar-refractivity contribution in [3.05, 3.63) is 48.4 Å². The minimum absolute atomic E-state index is 0.533. The van der Waals surface area contributed by atoms with Crippen LogP contribution in [0.3, 0.4) is 0 Å². The molecule has 0 fully saturated rings. The number of nitrogens with one attached hydrogen (secondary N) is 1. The van der Waals surface area contributed by atoms with Gasteiger partial charge in [-0.1, -0.05) is 6.08 Å². The van der Waals surface area contributed by atoms with Crippen molar-refractivity contribution in [2.24, 2.45) is 0 Å². The van der Waals surface area contributed by atoms with Gasteiger partial charge in [-0.3, -0.25) is 0 Å². The molecule has 0 saturated carbocycles. The van der Waals surface area contributed by atoms with Crippen LogP contribution in [0.5, 0.6) is 11.6 Å². The summed E-state index contributed by atoms with van der Waals surface area (Å²) in [5, 5.41) is 3.28. The molecule has 3 N–H and O–H groups in total. The van der Waals surface area contributed by atoms with Gasteiger partial charge in [-0.25, -0.2) is 9.97 Å². The van der Waals surface area contributed by atoms with E-state index in [-0.39, 0.29) is 0 Å². The largest absolute Gasteiger partial charge is 0.437 e. The van der Waals surface area contributed by atoms with Gasteiger partial charge in [-0.05, 0) is 42.8 Å². The van der Waals surface area contributed by atoms with E-state index in [9.17, 15) is 0 Å². The second-order valence-corrected chi connectivity index (χ2v) is 4.56. The van der Waals surface area contributed by atoms with Crippen molar-refractivity contribution in [2.45, 2.75) is 6.42 Å². The van der Waals surface area contributed by atoms with Crippen molar-refractivity contribution in [1.82, 2.24) is 15.3 Å². The van der Waals surface area contributed by atoms with Crippen LogP contribution in [0.25, 0.3) is 5.57 Å². The molecule has 102 valence electrons. The highest BCUT2D eigenvalue weighted by molar-refractivity contribution is 5.67. The van der Waals surface area contributed by atoms with E-state index >= 15 is 0 Å². The van der Waals surface area contributed by atoms with Crippen LogP contribution in [0.4, 0.5) is 5.69 Å². The molecule has 2 heterocycles. The molecule has 0 atom stereocenters. The van der Waals surface area contributed by atoms with Crippen molar-refractivity contribution in [3.8, 4) is 11.6 Å². The lowest BCUT2D eigenvalue weighted by molar-refractivity contribution is 0.457. The van der Waals surface area contributed by atoms with Crippen LogP contribution in [0, 0.1) is 0 Å². The van der Waals surface area contributed by atoms with E-state index in [4.69, 9.17) is 10.5 Å². The molecule has 5 heteroatoms. The molecule has 1 aromatic heterocycles. The molecule has 0 radical (unpaired) electrons. The van der Waals surface area contributed by atoms with E-state index in [2.05, 4.69) is 21.4 Å². The number of ether oxygens (including phenoxy) is 1. The first-order valence-corrected chi connectivity index (χ1v) is 6.57. The zero-order chi connectivity index (χ0) is 13.8. The lowest BCUT2D eigenvalue weighted by atomic mass is 10.1. The van der Waals surface area contributed by atoms with E-state index in [1.165, 1.54) is 5.57 Å². The van der Waals surface area contributed by atoms with Crippen molar-refractivity contribution in [3.63, 3.8) is 0 Å². The van der Waals surface area contributed by atoms with Gasteiger partial charge in [0.2, 0.25) is 5.88 Å². The number of nitrogens with zero attached hydrogens (tertiary/aromatic N) is 2. The third-order valence-corrected chi connectivity index (χ3v) is 3.13. The second kappa shape index (κ2) is 5.71. The average molecular weight is 268 g/mol. The Hall–Kier alpha value is -2.40. The molecule has 0 spiro atoms. The highest BCUT2D eigenvalue weighted by atomic mass is 16.5. The Morgan fingerprint density at radius 1 is 1.10 bits per heavy atom. The van der Waals surface area contributed by atoms with Gasteiger partial charge in [0.15, 0.2) is 0 Å². The first-order valence-electron chi connectivity index (χ1n) is 6.57. The standard InChI is InChI=1S/C15H16N4O/c16-12-1-3-13(4-2-12)20-15-14(18-9-10-19-15)11-5-7-17-8-6-11/h1-5,9-10,17H,6-8,16H2. The molecule has 0 unspecified atom stereocenters. The molecule has 1 aliphatic heterocycles. The third kappa shape index (κ3) is 2.78. The van der Waals surface area contributed by atoms with Gasteiger partial charge < -0.3 is 15.8 Å². The first-order chi connectivity index (χ1) is 9.83. The van der Waals surface area contributed by atoms with E-state index in [0.717, 1.165) is 25.2 Å². The van der Waals surface area contributed by atoms with Crippen LogP contribution in [-0.2, 0) is 0 Å². The fourth-order valence-corrected chi connectivity index (χ4v) is 2.11. The van der Waals surface area contributed by atoms with Crippen LogP contribution in [0.15, 0.2) is 42.7 Å². The molecule has 0 amide bonds. The molecular formula is C15H16N4O. The van der Waals surface area contributed by atoms with Crippen molar-refractivity contribution in [1.29, 1.82) is 0 Å². The molecule has 1 aromatic carbocycles. The average Bonchev–Trinajstić information content (AvgIpc) is 2.51. The summed E-state index contributed by atoms with van der Waals surface area (Å²) >= 11 is 0. The monoisotopic (exact) mass is 268 g/mol. The Morgan fingerprint density at radius 3 is 2.65 bits per heavy atom. The van der Waals surface area contributed by atoms with Gasteiger partial charge in [0, 0.05) is 24.6 Å². The molecule has 1 aliphatic rings. The Kier molecular flexibility index (Phi) is 3.60. The predicted octanol–water partition coefficient (Wildman–Crippen LogP) is 2.23. The SMILES string of the molecule is Nc1ccc(Oc2nccnc2C2=CCNCC2)cc1. The van der Waals surface area contributed by atoms with Crippen LogP contribution < -0.4 is 15.8 Å². The quantitative estimate of drug-likeness (QED) is 0.835. The Bertz CT molecular complexity index is 622. The van der Waals surface area contributed by atoms with Crippen LogP contribution >= 0.6 is 0 Å². The summed E-state index contributed by atoms with van der Waals surface area (Å²) in [5.74, 6) is 1.24. The molecule has 0 saturated heterocycles. The van der Waals surface area contributed by atoms with E-state index < -0.39 is 0 Å². The number of nitrogen functional groups attached to an aromatic ring is 1. The van der Waals surface area contributed by atoms with Gasteiger partial charge in [0.05, 0.1) is 0 Å². The predicted molar refractivity (Wildman–Crippen MR) is 78.4 cm³/mol. The summed E-state index contributed by atoms with van der Waals surface area (Å²) in [6.07, 6.45) is 6.38. The number of anilines is 1. The fraction of sp³-hybridized carbons (Fsp3) is 0.200. The maximum absolute atomic E-state index is 5.83. The molecular weight excluding hydrogens is 252 g/mol. The van der Waals surface area contributed by atoms with Crippen LogP contribution in [-0.4, -0.2) is 23.1 Å². The number of hydrogen-bond donors (Lipinski definition) is 2. The maximum Gasteiger partial charge on any atom is 0.245 e. The maximum atomic E-state index is 5.83. The summed E-state index contributed by atoms with van der Waals surface area (Å²) in [6, 6.07) is 7.25. The summed E-state index contributed by atoms with van der Waals surface area (Å²) in [7, 11) is 0. The topological polar surface area (TPSA) is 73.1 Å². The minimum Gasteiger partial charge on any atom is -0.437 e. The number of rotatable bonds is 3. The Morgan fingerprint density at radius 2 is 1.90 bits per heavy atom. The zero-order valence-electron chi connectivity index (χ0n) is 11.0. The normalized spacial score (nSPS) is 14.7. The highest BCUT2D eigenvalue weighted by Gasteiger charge is 2.14. The summed E-state index contributed by atoms with van der Waals surface area (Å²) < 4.78 is 5.83. The van der Waals surface area contributed by atoms with Crippen LogP contribution in [0.1, 0.15) is 12.1 Å². The zero-order valence-corrected chi connectivity index (χ0v) is 11.0. The molecule has 2 aromatic rings. The molecule has 5 nitrogen and oxygen atoms in total. The van der Waals surface area contributed by atoms with Crippen LogP contribution in [0.2, 0.25) is 0 Å². The number of nitrogens with two attached hydrogens (primary N) is 1. The van der Waals surface area contributed by atoms with Gasteiger partial charge in [-0.2, -0.15) is 0 Å². The highest BCUT2D eigenvalue weighted by Crippen LogP contribution is 2.28. The van der Waals surface area contributed by atoms with Crippen molar-refractivity contribution >= 4 is 11.3 Å². The summed E-state index contributed by atoms with van der Waals surface area (Å²) in [4.78, 5) is 8.70. The smallest absolute Gasteiger partial charge is 0.245 e. The Balaban J connectivity index is 1.89. The van der Waals surface area contributed by atoms with Gasteiger partial charge in [0.1, 0.15) is 11.4 Å². The third-order valence-electron chi connectivity index (χ3n) is 3.13. The molecule has 0 aliphatic carbocycles. The fourth-order valence-electron chi connectivity index (χ4n) is 2.11. The second-order valence-electron chi connectivity index (χ2n) is 4.56. The first kappa shape index (κ1) is 12.6. The number of benzene rings is 1. The molecule has 20 heavy (non-hydrogen) atoms. The van der Waals surface area contributed by atoms with Gasteiger partial charge in [-0.15, -0.1) is 0 Å². The van der Waals surface area contributed by atoms with Crippen molar-refractivity contribution in [2.75, 3.05) is 18.8 Å². The number of aromatic nitrogens is 2. The lowest BCUT2D eigenvalue weighted by Gasteiger charge is -2.15. The minimum atomic E-state index is 0.533. The van der Waals surface area contributed by atoms with Gasteiger partial charge in [0.25, 0.3) is 0 Å². The summed E-state index contributed by atoms with van der Waals surface area (Å²) in [6.45, 7) is 1.80. The number of hydrogen-bond acceptors (Lipinski definition) is 5. The van der Waals surface area contributed by atoms with Gasteiger partial charge >= 0.3 is 0 Å². The Labute approximate surface area is 117 Å². The molecule has 0 bridgehead atoms. The van der Waals surface area contributed by atoms with E-state index in [1.807, 2.05) is 12.1 Å². The molecule has 3 rings (SSSR count). The lowest BCUT2D eigenvalue weighted by Crippen LogP contribution is -2.20. The van der Waals surface area contributed by atoms with E-state index in [0.29, 0.717) is 17.3 Å². The summed E-state index contributed by atoms with van der Waals surface area (Å²) in [5.41, 5.74) is 8.35. The van der Waals surface area contributed by atoms with Crippen molar-refractivity contribution < 1.29 is 4.74 Å². The van der Waals surface area contributed by atoms with E-state index in [1.54, 1.807) is 24.5 Å².